The van der Waals surface area contributed by atoms with Gasteiger partial charge in [-0.3, -0.25) is 4.79 Å². The van der Waals surface area contributed by atoms with Crippen molar-refractivity contribution in [3.8, 4) is 0 Å². The van der Waals surface area contributed by atoms with Crippen molar-refractivity contribution >= 4 is 11.9 Å². The lowest BCUT2D eigenvalue weighted by atomic mass is 10.0. The molecule has 0 aromatic rings. The van der Waals surface area contributed by atoms with E-state index in [-0.39, 0.29) is 11.3 Å². The summed E-state index contributed by atoms with van der Waals surface area (Å²) in [4.78, 5) is 23.4. The largest absolute Gasteiger partial charge is 0.444 e. The van der Waals surface area contributed by atoms with Crippen molar-refractivity contribution in [3.63, 3.8) is 0 Å². The molecule has 1 amide bonds. The molecule has 0 atom stereocenters. The molecule has 0 heterocycles. The lowest BCUT2D eigenvalue weighted by Gasteiger charge is -2.23. The second-order valence-corrected chi connectivity index (χ2v) is 6.26. The zero-order chi connectivity index (χ0) is 14.0. The van der Waals surface area contributed by atoms with Crippen LogP contribution in [0.15, 0.2) is 12.2 Å². The van der Waals surface area contributed by atoms with E-state index in [1.54, 1.807) is 0 Å². The van der Waals surface area contributed by atoms with E-state index in [0.717, 1.165) is 18.4 Å². The summed E-state index contributed by atoms with van der Waals surface area (Å²) in [6.07, 6.45) is 2.00. The predicted molar refractivity (Wildman–Crippen MR) is 70.4 cm³/mol. The summed E-state index contributed by atoms with van der Waals surface area (Å²) in [5, 5.41) is 2.82. The minimum Gasteiger partial charge on any atom is -0.444 e. The third-order valence-electron chi connectivity index (χ3n) is 2.65. The van der Waals surface area contributed by atoms with E-state index in [4.69, 9.17) is 4.74 Å². The van der Waals surface area contributed by atoms with Crippen molar-refractivity contribution in [1.29, 1.82) is 0 Å². The predicted octanol–water partition coefficient (Wildman–Crippen LogP) is 2.97. The highest BCUT2D eigenvalue weighted by Gasteiger charge is 2.46. The van der Waals surface area contributed by atoms with Gasteiger partial charge in [-0.1, -0.05) is 12.2 Å². The van der Waals surface area contributed by atoms with Gasteiger partial charge < -0.3 is 10.1 Å². The van der Waals surface area contributed by atoms with Gasteiger partial charge in [0.15, 0.2) is 0 Å². The summed E-state index contributed by atoms with van der Waals surface area (Å²) in [6.45, 7) is 11.0. The Kier molecular flexibility index (Phi) is 4.20. The van der Waals surface area contributed by atoms with Crippen LogP contribution >= 0.6 is 0 Å². The second kappa shape index (κ2) is 5.12. The number of rotatable bonds is 5. The zero-order valence-corrected chi connectivity index (χ0v) is 11.8. The molecule has 1 saturated carbocycles. The van der Waals surface area contributed by atoms with Gasteiger partial charge in [-0.15, -0.1) is 0 Å². The van der Waals surface area contributed by atoms with Crippen molar-refractivity contribution < 1.29 is 14.3 Å². The first kappa shape index (κ1) is 14.7. The van der Waals surface area contributed by atoms with E-state index in [9.17, 15) is 9.59 Å². The third-order valence-corrected chi connectivity index (χ3v) is 2.65. The number of carbonyl (C=O) groups excluding carboxylic acids is 2. The highest BCUT2D eigenvalue weighted by atomic mass is 16.6. The fourth-order valence-electron chi connectivity index (χ4n) is 1.79. The molecule has 0 aromatic heterocycles. The first-order chi connectivity index (χ1) is 8.12. The van der Waals surface area contributed by atoms with Crippen LogP contribution in [0, 0.1) is 0 Å². The summed E-state index contributed by atoms with van der Waals surface area (Å²) < 4.78 is 5.20. The quantitative estimate of drug-likeness (QED) is 0.766. The van der Waals surface area contributed by atoms with Gasteiger partial charge in [0, 0.05) is 12.8 Å². The standard InChI is InChI=1S/C14H23NO3/c1-10(2)8-11(16)9-14(6-7-14)15-12(17)18-13(3,4)5/h1,6-9H2,2-5H3,(H,15,17). The third kappa shape index (κ3) is 5.34. The Morgan fingerprint density at radius 2 is 1.89 bits per heavy atom. The van der Waals surface area contributed by atoms with Crippen molar-refractivity contribution in [2.75, 3.05) is 0 Å². The van der Waals surface area contributed by atoms with Crippen molar-refractivity contribution in [2.45, 2.75) is 64.5 Å². The van der Waals surface area contributed by atoms with Crippen LogP contribution in [0.5, 0.6) is 0 Å². The Morgan fingerprint density at radius 1 is 1.33 bits per heavy atom. The summed E-state index contributed by atoms with van der Waals surface area (Å²) in [5.41, 5.74) is -0.0235. The van der Waals surface area contributed by atoms with Gasteiger partial charge in [0.05, 0.1) is 5.54 Å². The lowest BCUT2D eigenvalue weighted by molar-refractivity contribution is -0.119. The molecule has 4 heteroatoms. The minimum atomic E-state index is -0.512. The average Bonchev–Trinajstić information content (AvgIpc) is 2.77. The normalized spacial score (nSPS) is 16.9. The van der Waals surface area contributed by atoms with E-state index < -0.39 is 11.7 Å². The molecule has 1 aliphatic rings. The lowest BCUT2D eigenvalue weighted by Crippen LogP contribution is -2.41. The van der Waals surface area contributed by atoms with E-state index in [2.05, 4.69) is 11.9 Å². The summed E-state index contributed by atoms with van der Waals surface area (Å²) >= 11 is 0. The molecule has 18 heavy (non-hydrogen) atoms. The Morgan fingerprint density at radius 3 is 2.28 bits per heavy atom. The smallest absolute Gasteiger partial charge is 0.408 e. The van der Waals surface area contributed by atoms with Gasteiger partial charge in [0.2, 0.25) is 0 Å². The van der Waals surface area contributed by atoms with Gasteiger partial charge in [-0.05, 0) is 40.5 Å². The van der Waals surface area contributed by atoms with Crippen LogP contribution < -0.4 is 5.32 Å². The fraction of sp³-hybridized carbons (Fsp3) is 0.714. The SMILES string of the molecule is C=C(C)CC(=O)CC1(NC(=O)OC(C)(C)C)CC1. The molecule has 0 spiro atoms. The van der Waals surface area contributed by atoms with Crippen molar-refractivity contribution in [3.05, 3.63) is 12.2 Å². The maximum absolute atomic E-state index is 11.7. The summed E-state index contributed by atoms with van der Waals surface area (Å²) in [5.74, 6) is 0.121. The summed E-state index contributed by atoms with van der Waals surface area (Å²) in [7, 11) is 0. The van der Waals surface area contributed by atoms with Crippen LogP contribution in [0.3, 0.4) is 0 Å². The van der Waals surface area contributed by atoms with Crippen LogP contribution in [0.1, 0.15) is 53.4 Å². The molecule has 4 nitrogen and oxygen atoms in total. The number of allylic oxidation sites excluding steroid dienone is 1. The average molecular weight is 253 g/mol. The van der Waals surface area contributed by atoms with Gasteiger partial charge in [-0.2, -0.15) is 0 Å². The Bertz CT molecular complexity index is 362. The topological polar surface area (TPSA) is 55.4 Å². The highest BCUT2D eigenvalue weighted by molar-refractivity contribution is 5.83. The number of ether oxygens (including phenoxy) is 1. The molecule has 1 N–H and O–H groups in total. The maximum atomic E-state index is 11.7. The van der Waals surface area contributed by atoms with Gasteiger partial charge in [0.1, 0.15) is 11.4 Å². The van der Waals surface area contributed by atoms with Crippen LogP contribution in [0.4, 0.5) is 4.79 Å². The van der Waals surface area contributed by atoms with Gasteiger partial charge >= 0.3 is 6.09 Å². The molecule has 0 saturated heterocycles. The molecule has 0 unspecified atom stereocenters. The number of carbonyl (C=O) groups is 2. The molecular weight excluding hydrogens is 230 g/mol. The second-order valence-electron chi connectivity index (χ2n) is 6.26. The van der Waals surface area contributed by atoms with Crippen molar-refractivity contribution in [1.82, 2.24) is 5.32 Å². The molecule has 0 radical (unpaired) electrons. The molecule has 1 aliphatic carbocycles. The van der Waals surface area contributed by atoms with Gasteiger partial charge in [0.25, 0.3) is 0 Å². The van der Waals surface area contributed by atoms with Crippen LogP contribution in [-0.4, -0.2) is 23.0 Å². The van der Waals surface area contributed by atoms with Crippen LogP contribution in [0.25, 0.3) is 0 Å². The molecule has 0 aromatic carbocycles. The number of alkyl carbamates (subject to hydrolysis) is 1. The first-order valence-corrected chi connectivity index (χ1v) is 6.29. The number of nitrogens with one attached hydrogen (secondary N) is 1. The molecular formula is C14H23NO3. The van der Waals surface area contributed by atoms with Crippen molar-refractivity contribution in [2.24, 2.45) is 0 Å². The van der Waals surface area contributed by atoms with E-state index in [1.165, 1.54) is 0 Å². The number of Topliss-reactive ketones (excluding diaryl/α,β-unsaturated/α-hetero) is 1. The first-order valence-electron chi connectivity index (χ1n) is 6.29. The number of hydrogen-bond acceptors (Lipinski definition) is 3. The number of amides is 1. The van der Waals surface area contributed by atoms with Crippen LogP contribution in [0.2, 0.25) is 0 Å². The Hall–Kier alpha value is -1.32. The maximum Gasteiger partial charge on any atom is 0.408 e. The molecule has 0 aliphatic heterocycles. The van der Waals surface area contributed by atoms with E-state index in [1.807, 2.05) is 27.7 Å². The zero-order valence-electron chi connectivity index (χ0n) is 11.8. The molecule has 1 rings (SSSR count). The minimum absolute atomic E-state index is 0.121. The number of hydrogen-bond donors (Lipinski definition) is 1. The fourth-order valence-corrected chi connectivity index (χ4v) is 1.79. The molecule has 0 bridgehead atoms. The monoisotopic (exact) mass is 253 g/mol. The molecule has 1 fully saturated rings. The molecule has 102 valence electrons. The van der Waals surface area contributed by atoms with Gasteiger partial charge in [-0.25, -0.2) is 4.79 Å². The Labute approximate surface area is 109 Å². The highest BCUT2D eigenvalue weighted by Crippen LogP contribution is 2.39. The summed E-state index contributed by atoms with van der Waals surface area (Å²) in [6, 6.07) is 0. The van der Waals surface area contributed by atoms with Crippen LogP contribution in [-0.2, 0) is 9.53 Å². The number of ketones is 1. The van der Waals surface area contributed by atoms with E-state index >= 15 is 0 Å². The van der Waals surface area contributed by atoms with E-state index in [0.29, 0.717) is 12.8 Å². The Balaban J connectivity index is 2.44.